The van der Waals surface area contributed by atoms with Crippen LogP contribution in [0.25, 0.3) is 0 Å². The molecule has 3 N–H and O–H groups in total. The number of anilines is 1. The van der Waals surface area contributed by atoms with E-state index in [0.717, 1.165) is 12.1 Å². The third-order valence-electron chi connectivity index (χ3n) is 2.76. The van der Waals surface area contributed by atoms with Gasteiger partial charge in [0.05, 0.1) is 10.7 Å². The van der Waals surface area contributed by atoms with Crippen LogP contribution in [0, 0.1) is 0 Å². The zero-order valence-electron chi connectivity index (χ0n) is 11.4. The van der Waals surface area contributed by atoms with Crippen LogP contribution >= 0.6 is 35.6 Å². The van der Waals surface area contributed by atoms with Crippen molar-refractivity contribution in [3.8, 4) is 0 Å². The lowest BCUT2D eigenvalue weighted by Gasteiger charge is -2.07. The molecule has 3 nitrogen and oxygen atoms in total. The fourth-order valence-corrected chi connectivity index (χ4v) is 2.20. The first-order valence-electron chi connectivity index (χ1n) is 6.23. The van der Waals surface area contributed by atoms with Crippen molar-refractivity contribution < 1.29 is 0 Å². The summed E-state index contributed by atoms with van der Waals surface area (Å²) in [5.74, 6) is 0.280. The van der Waals surface area contributed by atoms with E-state index in [4.69, 9.17) is 28.9 Å². The maximum Gasteiger partial charge on any atom is 0.198 e. The standard InChI is InChI=1S/C15H15Cl2N3.ClH/c1-2-10-4-3-5-12(8-10)19-15(18)20-14-7-6-11(16)9-13(14)17;/h3-9H,2H2,1H3,(H3,18,19,20);1H. The van der Waals surface area contributed by atoms with Gasteiger partial charge in [-0.2, -0.15) is 0 Å². The van der Waals surface area contributed by atoms with Crippen LogP contribution in [0.3, 0.4) is 0 Å². The quantitative estimate of drug-likeness (QED) is 0.605. The summed E-state index contributed by atoms with van der Waals surface area (Å²) in [6.07, 6.45) is 0.968. The predicted octanol–water partition coefficient (Wildman–Crippen LogP) is 5.04. The van der Waals surface area contributed by atoms with Gasteiger partial charge in [0.2, 0.25) is 0 Å². The van der Waals surface area contributed by atoms with Crippen molar-refractivity contribution >= 4 is 52.9 Å². The van der Waals surface area contributed by atoms with E-state index in [2.05, 4.69) is 23.3 Å². The average molecular weight is 345 g/mol. The Balaban J connectivity index is 0.00000220. The smallest absolute Gasteiger partial charge is 0.198 e. The zero-order chi connectivity index (χ0) is 14.5. The second-order valence-electron chi connectivity index (χ2n) is 4.27. The molecule has 112 valence electrons. The molecule has 0 aliphatic carbocycles. The molecule has 0 heterocycles. The molecule has 0 unspecified atom stereocenters. The summed E-state index contributed by atoms with van der Waals surface area (Å²) in [6.45, 7) is 2.10. The van der Waals surface area contributed by atoms with Crippen LogP contribution in [0.2, 0.25) is 10.0 Å². The third-order valence-corrected chi connectivity index (χ3v) is 3.30. The van der Waals surface area contributed by atoms with Crippen molar-refractivity contribution in [2.24, 2.45) is 10.7 Å². The van der Waals surface area contributed by atoms with Gasteiger partial charge < -0.3 is 11.1 Å². The summed E-state index contributed by atoms with van der Waals surface area (Å²) >= 11 is 11.9. The van der Waals surface area contributed by atoms with Crippen molar-refractivity contribution in [3.05, 3.63) is 58.1 Å². The Kier molecular flexibility index (Phi) is 6.82. The Morgan fingerprint density at radius 3 is 2.62 bits per heavy atom. The minimum Gasteiger partial charge on any atom is -0.369 e. The summed E-state index contributed by atoms with van der Waals surface area (Å²) in [6, 6.07) is 13.1. The topological polar surface area (TPSA) is 50.4 Å². The number of hydrogen-bond donors (Lipinski definition) is 2. The molecule has 2 rings (SSSR count). The SMILES string of the molecule is CCc1cccc(NC(N)=Nc2ccc(Cl)cc2Cl)c1.Cl. The average Bonchev–Trinajstić information content (AvgIpc) is 2.42. The lowest BCUT2D eigenvalue weighted by Crippen LogP contribution is -2.22. The molecule has 0 amide bonds. The second-order valence-corrected chi connectivity index (χ2v) is 5.12. The molecule has 0 spiro atoms. The summed E-state index contributed by atoms with van der Waals surface area (Å²) in [5.41, 5.74) is 8.59. The second kappa shape index (κ2) is 8.13. The monoisotopic (exact) mass is 343 g/mol. The number of guanidine groups is 1. The highest BCUT2D eigenvalue weighted by molar-refractivity contribution is 6.36. The van der Waals surface area contributed by atoms with Crippen molar-refractivity contribution in [2.45, 2.75) is 13.3 Å². The van der Waals surface area contributed by atoms with Crippen LogP contribution in [-0.4, -0.2) is 5.96 Å². The van der Waals surface area contributed by atoms with Gasteiger partial charge in [-0.3, -0.25) is 0 Å². The van der Waals surface area contributed by atoms with Gasteiger partial charge in [0.25, 0.3) is 0 Å². The fraction of sp³-hybridized carbons (Fsp3) is 0.133. The molecule has 2 aromatic carbocycles. The lowest BCUT2D eigenvalue weighted by molar-refractivity contribution is 1.14. The Labute approximate surface area is 140 Å². The first-order chi connectivity index (χ1) is 9.58. The number of aliphatic imine (C=N–C) groups is 1. The van der Waals surface area contributed by atoms with Crippen molar-refractivity contribution in [3.63, 3.8) is 0 Å². The molecular weight excluding hydrogens is 329 g/mol. The highest BCUT2D eigenvalue weighted by Gasteiger charge is 2.02. The molecule has 0 atom stereocenters. The number of benzene rings is 2. The largest absolute Gasteiger partial charge is 0.369 e. The van der Waals surface area contributed by atoms with Crippen LogP contribution in [0.1, 0.15) is 12.5 Å². The molecule has 0 radical (unpaired) electrons. The van der Waals surface area contributed by atoms with Crippen LogP contribution in [0.5, 0.6) is 0 Å². The molecule has 0 fully saturated rings. The van der Waals surface area contributed by atoms with Gasteiger partial charge in [-0.05, 0) is 42.3 Å². The van der Waals surface area contributed by atoms with Crippen LogP contribution in [0.4, 0.5) is 11.4 Å². The highest BCUT2D eigenvalue weighted by atomic mass is 35.5. The number of nitrogens with two attached hydrogens (primary N) is 1. The number of halogens is 3. The molecule has 2 aromatic rings. The predicted molar refractivity (Wildman–Crippen MR) is 94.4 cm³/mol. The van der Waals surface area contributed by atoms with E-state index in [1.807, 2.05) is 18.2 Å². The Morgan fingerprint density at radius 1 is 1.19 bits per heavy atom. The van der Waals surface area contributed by atoms with Gasteiger partial charge >= 0.3 is 0 Å². The maximum absolute atomic E-state index is 6.05. The number of rotatable bonds is 3. The first-order valence-corrected chi connectivity index (χ1v) is 6.99. The molecule has 0 saturated heterocycles. The van der Waals surface area contributed by atoms with Crippen LogP contribution in [-0.2, 0) is 6.42 Å². The van der Waals surface area contributed by atoms with Crippen molar-refractivity contribution in [2.75, 3.05) is 5.32 Å². The van der Waals surface area contributed by atoms with Gasteiger partial charge in [0.1, 0.15) is 0 Å². The normalized spacial score (nSPS) is 10.9. The molecule has 21 heavy (non-hydrogen) atoms. The minimum atomic E-state index is 0. The van der Waals surface area contributed by atoms with E-state index in [9.17, 15) is 0 Å². The first kappa shape index (κ1) is 17.6. The van der Waals surface area contributed by atoms with E-state index in [1.165, 1.54) is 5.56 Å². The third kappa shape index (κ3) is 5.12. The number of nitrogens with zero attached hydrogens (tertiary/aromatic N) is 1. The van der Waals surface area contributed by atoms with Crippen molar-refractivity contribution in [1.82, 2.24) is 0 Å². The van der Waals surface area contributed by atoms with Crippen molar-refractivity contribution in [1.29, 1.82) is 0 Å². The van der Waals surface area contributed by atoms with Gasteiger partial charge in [-0.1, -0.05) is 42.3 Å². The number of hydrogen-bond acceptors (Lipinski definition) is 1. The lowest BCUT2D eigenvalue weighted by atomic mass is 10.1. The van der Waals surface area contributed by atoms with Gasteiger partial charge in [0, 0.05) is 10.7 Å². The number of nitrogens with one attached hydrogen (secondary N) is 1. The number of aryl methyl sites for hydroxylation is 1. The van der Waals surface area contributed by atoms with E-state index in [-0.39, 0.29) is 18.4 Å². The molecule has 0 bridgehead atoms. The molecule has 0 aliphatic heterocycles. The Morgan fingerprint density at radius 2 is 1.95 bits per heavy atom. The summed E-state index contributed by atoms with van der Waals surface area (Å²) in [4.78, 5) is 4.24. The molecule has 0 aromatic heterocycles. The van der Waals surface area contributed by atoms with Gasteiger partial charge in [-0.25, -0.2) is 4.99 Å². The van der Waals surface area contributed by atoms with Gasteiger partial charge in [0.15, 0.2) is 5.96 Å². The Bertz CT molecular complexity index is 642. The molecule has 0 saturated carbocycles. The zero-order valence-corrected chi connectivity index (χ0v) is 13.8. The van der Waals surface area contributed by atoms with E-state index < -0.39 is 0 Å². The summed E-state index contributed by atoms with van der Waals surface area (Å²) in [5, 5.41) is 4.07. The van der Waals surface area contributed by atoms with E-state index in [0.29, 0.717) is 15.7 Å². The van der Waals surface area contributed by atoms with E-state index >= 15 is 0 Å². The van der Waals surface area contributed by atoms with Crippen LogP contribution in [0.15, 0.2) is 47.5 Å². The summed E-state index contributed by atoms with van der Waals surface area (Å²) in [7, 11) is 0. The maximum atomic E-state index is 6.05. The highest BCUT2D eigenvalue weighted by Crippen LogP contribution is 2.27. The summed E-state index contributed by atoms with van der Waals surface area (Å²) < 4.78 is 0. The minimum absolute atomic E-state index is 0. The molecular formula is C15H16Cl3N3. The fourth-order valence-electron chi connectivity index (χ4n) is 1.75. The van der Waals surface area contributed by atoms with E-state index in [1.54, 1.807) is 18.2 Å². The molecule has 6 heteroatoms. The van der Waals surface area contributed by atoms with Crippen LogP contribution < -0.4 is 11.1 Å². The molecule has 0 aliphatic rings. The van der Waals surface area contributed by atoms with Gasteiger partial charge in [-0.15, -0.1) is 12.4 Å². The Hall–Kier alpha value is -1.42.